The number of hydrogen-bond donors (Lipinski definition) is 1. The second-order valence-electron chi connectivity index (χ2n) is 2.91. The molecule has 0 aliphatic rings. The highest BCUT2D eigenvalue weighted by Gasteiger charge is 2.00. The molecule has 14 heavy (non-hydrogen) atoms. The molecule has 1 amide bonds. The van der Waals surface area contributed by atoms with Crippen LogP contribution < -0.4 is 5.32 Å². The van der Waals surface area contributed by atoms with Crippen molar-refractivity contribution in [2.24, 2.45) is 0 Å². The normalized spacial score (nSPS) is 9.57. The molecule has 0 aliphatic heterocycles. The summed E-state index contributed by atoms with van der Waals surface area (Å²) in [4.78, 5) is 21.3. The standard InChI is InChI=1S/C10H10ClNO2/c1-7(13)12-9-4-2-8(3-5-9)6-10(11)14/h2-5H,6H2,1H3,(H,12,13). The van der Waals surface area contributed by atoms with Gasteiger partial charge in [-0.25, -0.2) is 0 Å². The highest BCUT2D eigenvalue weighted by Crippen LogP contribution is 2.10. The van der Waals surface area contributed by atoms with Crippen LogP contribution in [0.3, 0.4) is 0 Å². The highest BCUT2D eigenvalue weighted by atomic mass is 35.5. The van der Waals surface area contributed by atoms with Gasteiger partial charge < -0.3 is 5.32 Å². The van der Waals surface area contributed by atoms with E-state index in [1.54, 1.807) is 24.3 Å². The minimum atomic E-state index is -0.391. The van der Waals surface area contributed by atoms with Gasteiger partial charge in [-0.1, -0.05) is 12.1 Å². The van der Waals surface area contributed by atoms with E-state index in [1.165, 1.54) is 6.92 Å². The van der Waals surface area contributed by atoms with Crippen molar-refractivity contribution in [3.63, 3.8) is 0 Å². The summed E-state index contributed by atoms with van der Waals surface area (Å²) in [6.07, 6.45) is 0.210. The van der Waals surface area contributed by atoms with E-state index in [0.717, 1.165) is 5.56 Å². The third-order valence-electron chi connectivity index (χ3n) is 1.62. The molecule has 0 bridgehead atoms. The number of carbonyl (C=O) groups excluding carboxylic acids is 2. The fourth-order valence-corrected chi connectivity index (χ4v) is 1.22. The molecule has 0 atom stereocenters. The molecule has 3 nitrogen and oxygen atoms in total. The minimum Gasteiger partial charge on any atom is -0.326 e. The van der Waals surface area contributed by atoms with Crippen molar-refractivity contribution >= 4 is 28.4 Å². The first-order valence-corrected chi connectivity index (χ1v) is 4.50. The smallest absolute Gasteiger partial charge is 0.226 e. The lowest BCUT2D eigenvalue weighted by Crippen LogP contribution is -2.05. The van der Waals surface area contributed by atoms with Crippen molar-refractivity contribution in [2.45, 2.75) is 13.3 Å². The average molecular weight is 212 g/mol. The van der Waals surface area contributed by atoms with Gasteiger partial charge in [-0.05, 0) is 29.3 Å². The number of benzene rings is 1. The first kappa shape index (κ1) is 10.7. The van der Waals surface area contributed by atoms with Gasteiger partial charge in [0, 0.05) is 19.0 Å². The van der Waals surface area contributed by atoms with Crippen LogP contribution in [0.5, 0.6) is 0 Å². The molecule has 0 aromatic heterocycles. The molecule has 4 heteroatoms. The van der Waals surface area contributed by atoms with Crippen LogP contribution in [0, 0.1) is 0 Å². The molecule has 0 unspecified atom stereocenters. The molecule has 0 heterocycles. The molecular formula is C10H10ClNO2. The van der Waals surface area contributed by atoms with E-state index in [4.69, 9.17) is 11.6 Å². The molecule has 0 radical (unpaired) electrons. The molecule has 74 valence electrons. The molecule has 1 aromatic rings. The first-order valence-electron chi connectivity index (χ1n) is 4.13. The van der Waals surface area contributed by atoms with E-state index in [2.05, 4.69) is 5.32 Å². The van der Waals surface area contributed by atoms with Crippen molar-refractivity contribution in [3.8, 4) is 0 Å². The summed E-state index contributed by atoms with van der Waals surface area (Å²) in [5, 5.41) is 2.24. The fourth-order valence-electron chi connectivity index (χ4n) is 1.07. The van der Waals surface area contributed by atoms with Gasteiger partial charge in [0.15, 0.2) is 0 Å². The van der Waals surface area contributed by atoms with E-state index >= 15 is 0 Å². The predicted octanol–water partition coefficient (Wildman–Crippen LogP) is 1.95. The van der Waals surface area contributed by atoms with E-state index in [-0.39, 0.29) is 12.3 Å². The van der Waals surface area contributed by atoms with Gasteiger partial charge in [0.2, 0.25) is 11.1 Å². The van der Waals surface area contributed by atoms with Crippen LogP contribution >= 0.6 is 11.6 Å². The summed E-state index contributed by atoms with van der Waals surface area (Å²) in [6, 6.07) is 6.98. The lowest BCUT2D eigenvalue weighted by Gasteiger charge is -2.02. The zero-order valence-corrected chi connectivity index (χ0v) is 8.47. The molecule has 0 saturated heterocycles. The lowest BCUT2D eigenvalue weighted by molar-refractivity contribution is -0.114. The second kappa shape index (κ2) is 4.77. The fraction of sp³-hybridized carbons (Fsp3) is 0.200. The Morgan fingerprint density at radius 2 is 1.86 bits per heavy atom. The number of anilines is 1. The maximum absolute atomic E-state index is 10.7. The summed E-state index contributed by atoms with van der Waals surface area (Å²) in [6.45, 7) is 1.44. The average Bonchev–Trinajstić information content (AvgIpc) is 2.06. The Labute approximate surface area is 87.1 Å². The topological polar surface area (TPSA) is 46.2 Å². The van der Waals surface area contributed by atoms with Crippen LogP contribution in [0.1, 0.15) is 12.5 Å². The van der Waals surface area contributed by atoms with Crippen molar-refractivity contribution < 1.29 is 9.59 Å². The van der Waals surface area contributed by atoms with Gasteiger partial charge in [0.05, 0.1) is 0 Å². The van der Waals surface area contributed by atoms with Crippen molar-refractivity contribution in [3.05, 3.63) is 29.8 Å². The maximum Gasteiger partial charge on any atom is 0.226 e. The molecule has 0 aliphatic carbocycles. The quantitative estimate of drug-likeness (QED) is 0.777. The number of amides is 1. The van der Waals surface area contributed by atoms with Crippen LogP contribution in [-0.2, 0) is 16.0 Å². The first-order chi connectivity index (χ1) is 6.58. The Hall–Kier alpha value is -1.35. The molecule has 0 fully saturated rings. The van der Waals surface area contributed by atoms with Gasteiger partial charge in [-0.3, -0.25) is 9.59 Å². The van der Waals surface area contributed by atoms with E-state index in [9.17, 15) is 9.59 Å². The summed E-state index contributed by atoms with van der Waals surface area (Å²) in [7, 11) is 0. The van der Waals surface area contributed by atoms with Gasteiger partial charge >= 0.3 is 0 Å². The number of nitrogens with one attached hydrogen (secondary N) is 1. The lowest BCUT2D eigenvalue weighted by atomic mass is 10.1. The Kier molecular flexibility index (Phi) is 3.65. The van der Waals surface area contributed by atoms with Gasteiger partial charge in [-0.2, -0.15) is 0 Å². The zero-order chi connectivity index (χ0) is 10.6. The maximum atomic E-state index is 10.7. The summed E-state index contributed by atoms with van der Waals surface area (Å²) in [5.74, 6) is -0.119. The van der Waals surface area contributed by atoms with Gasteiger partial charge in [0.25, 0.3) is 0 Å². The Morgan fingerprint density at radius 3 is 2.29 bits per heavy atom. The van der Waals surface area contributed by atoms with Crippen LogP contribution in [0.2, 0.25) is 0 Å². The largest absolute Gasteiger partial charge is 0.326 e. The SMILES string of the molecule is CC(=O)Nc1ccc(CC(=O)Cl)cc1. The summed E-state index contributed by atoms with van der Waals surface area (Å²) in [5.41, 5.74) is 1.54. The molecule has 0 spiro atoms. The zero-order valence-electron chi connectivity index (χ0n) is 7.71. The minimum absolute atomic E-state index is 0.119. The monoisotopic (exact) mass is 211 g/mol. The van der Waals surface area contributed by atoms with Gasteiger partial charge in [-0.15, -0.1) is 0 Å². The van der Waals surface area contributed by atoms with Gasteiger partial charge in [0.1, 0.15) is 0 Å². The van der Waals surface area contributed by atoms with Crippen molar-refractivity contribution in [1.82, 2.24) is 0 Å². The van der Waals surface area contributed by atoms with E-state index in [1.807, 2.05) is 0 Å². The molecule has 0 saturated carbocycles. The number of carbonyl (C=O) groups is 2. The summed E-state index contributed by atoms with van der Waals surface area (Å²) < 4.78 is 0. The third-order valence-corrected chi connectivity index (χ3v) is 1.75. The van der Waals surface area contributed by atoms with E-state index < -0.39 is 5.24 Å². The predicted molar refractivity (Wildman–Crippen MR) is 55.3 cm³/mol. The third kappa shape index (κ3) is 3.58. The van der Waals surface area contributed by atoms with E-state index in [0.29, 0.717) is 5.69 Å². The Bertz CT molecular complexity index is 311. The number of halogens is 1. The van der Waals surface area contributed by atoms with Crippen LogP contribution in [0.15, 0.2) is 24.3 Å². The molecule has 1 N–H and O–H groups in total. The molecular weight excluding hydrogens is 202 g/mol. The number of rotatable bonds is 3. The molecule has 1 aromatic carbocycles. The number of hydrogen-bond acceptors (Lipinski definition) is 2. The molecule has 1 rings (SSSR count). The van der Waals surface area contributed by atoms with Crippen molar-refractivity contribution in [2.75, 3.05) is 5.32 Å². The van der Waals surface area contributed by atoms with Crippen molar-refractivity contribution in [1.29, 1.82) is 0 Å². The van der Waals surface area contributed by atoms with Crippen LogP contribution in [0.25, 0.3) is 0 Å². The highest BCUT2D eigenvalue weighted by molar-refractivity contribution is 6.63. The second-order valence-corrected chi connectivity index (χ2v) is 3.33. The summed E-state index contributed by atoms with van der Waals surface area (Å²) >= 11 is 5.23. The van der Waals surface area contributed by atoms with Crippen LogP contribution in [-0.4, -0.2) is 11.1 Å². The van der Waals surface area contributed by atoms with Crippen LogP contribution in [0.4, 0.5) is 5.69 Å². The Morgan fingerprint density at radius 1 is 1.29 bits per heavy atom. The Balaban J connectivity index is 2.68.